The summed E-state index contributed by atoms with van der Waals surface area (Å²) in [6.45, 7) is 0. The highest BCUT2D eigenvalue weighted by Crippen LogP contribution is 2.31. The molecule has 0 radical (unpaired) electrons. The van der Waals surface area contributed by atoms with E-state index >= 15 is 0 Å². The highest BCUT2D eigenvalue weighted by Gasteiger charge is 2.33. The van der Waals surface area contributed by atoms with Crippen LogP contribution in [0.1, 0.15) is 5.56 Å². The van der Waals surface area contributed by atoms with E-state index in [1.807, 2.05) is 5.32 Å². The van der Waals surface area contributed by atoms with Gasteiger partial charge in [-0.15, -0.1) is 0 Å². The minimum Gasteiger partial charge on any atom is -0.369 e. The highest BCUT2D eigenvalue weighted by molar-refractivity contribution is 6.68. The third-order valence-electron chi connectivity index (χ3n) is 2.03. The summed E-state index contributed by atoms with van der Waals surface area (Å²) in [5.41, 5.74) is -1.06. The zero-order chi connectivity index (χ0) is 15.6. The monoisotopic (exact) mass is 350 g/mol. The standard InChI is InChI=1S/C10H8Cl3F3N2O2/c11-9(12,13)7(19)18-8(20)17-6-3-1-2-5(4-6)10(14,15)16/h1-4,7,19H,(H2,17,18,20)/t7-/m1/s1. The van der Waals surface area contributed by atoms with Gasteiger partial charge in [0.2, 0.25) is 3.79 Å². The summed E-state index contributed by atoms with van der Waals surface area (Å²) in [7, 11) is 0. The predicted molar refractivity (Wildman–Crippen MR) is 69.9 cm³/mol. The Labute approximate surface area is 126 Å². The summed E-state index contributed by atoms with van der Waals surface area (Å²) in [5.74, 6) is 0. The van der Waals surface area contributed by atoms with Crippen molar-refractivity contribution in [2.45, 2.75) is 16.2 Å². The van der Waals surface area contributed by atoms with Gasteiger partial charge in [0.1, 0.15) is 0 Å². The molecule has 0 saturated heterocycles. The summed E-state index contributed by atoms with van der Waals surface area (Å²) < 4.78 is 35.2. The SMILES string of the molecule is O=C(Nc1cccc(C(F)(F)F)c1)N[C@H](O)C(Cl)(Cl)Cl. The van der Waals surface area contributed by atoms with E-state index in [1.165, 1.54) is 6.07 Å². The van der Waals surface area contributed by atoms with Crippen molar-refractivity contribution >= 4 is 46.5 Å². The van der Waals surface area contributed by atoms with Crippen LogP contribution in [-0.2, 0) is 6.18 Å². The van der Waals surface area contributed by atoms with Gasteiger partial charge < -0.3 is 15.7 Å². The van der Waals surface area contributed by atoms with Crippen LogP contribution in [0.4, 0.5) is 23.7 Å². The number of aliphatic hydroxyl groups is 1. The Morgan fingerprint density at radius 1 is 1.25 bits per heavy atom. The molecule has 2 amide bonds. The summed E-state index contributed by atoms with van der Waals surface area (Å²) in [6.07, 6.45) is -6.36. The Balaban J connectivity index is 2.72. The number of carbonyl (C=O) groups is 1. The van der Waals surface area contributed by atoms with Gasteiger partial charge >= 0.3 is 12.2 Å². The van der Waals surface area contributed by atoms with Gasteiger partial charge in [-0.25, -0.2) is 4.79 Å². The molecule has 0 aliphatic rings. The molecule has 1 atom stereocenters. The molecule has 0 bridgehead atoms. The van der Waals surface area contributed by atoms with Crippen molar-refractivity contribution in [2.75, 3.05) is 5.32 Å². The second-order valence-corrected chi connectivity index (χ2v) is 5.99. The average molecular weight is 352 g/mol. The van der Waals surface area contributed by atoms with Crippen molar-refractivity contribution in [3.05, 3.63) is 29.8 Å². The van der Waals surface area contributed by atoms with Crippen molar-refractivity contribution in [1.29, 1.82) is 0 Å². The lowest BCUT2D eigenvalue weighted by Gasteiger charge is -2.20. The molecule has 0 aromatic heterocycles. The number of hydrogen-bond donors (Lipinski definition) is 3. The summed E-state index contributed by atoms with van der Waals surface area (Å²) in [5, 5.41) is 13.2. The van der Waals surface area contributed by atoms with E-state index in [2.05, 4.69) is 5.32 Å². The molecule has 20 heavy (non-hydrogen) atoms. The normalized spacial score (nSPS) is 13.8. The number of halogens is 6. The fourth-order valence-corrected chi connectivity index (χ4v) is 1.31. The third kappa shape index (κ3) is 5.24. The predicted octanol–water partition coefficient (Wildman–Crippen LogP) is 3.52. The minimum atomic E-state index is -4.54. The van der Waals surface area contributed by atoms with Crippen molar-refractivity contribution in [2.24, 2.45) is 0 Å². The van der Waals surface area contributed by atoms with Crippen LogP contribution in [0, 0.1) is 0 Å². The van der Waals surface area contributed by atoms with Crippen molar-refractivity contribution in [1.82, 2.24) is 5.32 Å². The number of benzene rings is 1. The van der Waals surface area contributed by atoms with Crippen LogP contribution in [0.3, 0.4) is 0 Å². The van der Waals surface area contributed by atoms with Gasteiger partial charge in [0.15, 0.2) is 6.23 Å². The van der Waals surface area contributed by atoms with Gasteiger partial charge in [-0.05, 0) is 18.2 Å². The van der Waals surface area contributed by atoms with Gasteiger partial charge in [-0.3, -0.25) is 0 Å². The number of aliphatic hydroxyl groups excluding tert-OH is 1. The van der Waals surface area contributed by atoms with Gasteiger partial charge in [0, 0.05) is 5.69 Å². The number of urea groups is 1. The van der Waals surface area contributed by atoms with E-state index in [9.17, 15) is 23.1 Å². The minimum absolute atomic E-state index is 0.131. The zero-order valence-electron chi connectivity index (χ0n) is 9.51. The quantitative estimate of drug-likeness (QED) is 0.564. The van der Waals surface area contributed by atoms with Crippen LogP contribution in [0.15, 0.2) is 24.3 Å². The molecule has 1 aromatic rings. The van der Waals surface area contributed by atoms with Crippen molar-refractivity contribution in [3.8, 4) is 0 Å². The molecular weight excluding hydrogens is 343 g/mol. The molecule has 3 N–H and O–H groups in total. The first-order chi connectivity index (χ1) is 9.00. The fraction of sp³-hybridized carbons (Fsp3) is 0.300. The van der Waals surface area contributed by atoms with Crippen LogP contribution in [-0.4, -0.2) is 21.2 Å². The first kappa shape index (κ1) is 17.2. The topological polar surface area (TPSA) is 61.4 Å². The lowest BCUT2D eigenvalue weighted by molar-refractivity contribution is -0.137. The molecule has 0 saturated carbocycles. The number of alkyl halides is 6. The first-order valence-corrected chi connectivity index (χ1v) is 6.13. The van der Waals surface area contributed by atoms with E-state index in [4.69, 9.17) is 34.8 Å². The Morgan fingerprint density at radius 2 is 1.85 bits per heavy atom. The van der Waals surface area contributed by atoms with Crippen LogP contribution in [0.5, 0.6) is 0 Å². The van der Waals surface area contributed by atoms with Gasteiger partial charge in [0.05, 0.1) is 5.56 Å². The molecule has 0 heterocycles. The van der Waals surface area contributed by atoms with E-state index < -0.39 is 27.8 Å². The van der Waals surface area contributed by atoms with Crippen LogP contribution in [0.25, 0.3) is 0 Å². The Hall–Kier alpha value is -0.890. The molecule has 0 unspecified atom stereocenters. The zero-order valence-corrected chi connectivity index (χ0v) is 11.8. The molecule has 1 rings (SSSR count). The van der Waals surface area contributed by atoms with Crippen molar-refractivity contribution < 1.29 is 23.1 Å². The number of carbonyl (C=O) groups excluding carboxylic acids is 1. The molecule has 0 aliphatic heterocycles. The maximum atomic E-state index is 12.5. The number of nitrogens with one attached hydrogen (secondary N) is 2. The lowest BCUT2D eigenvalue weighted by Crippen LogP contribution is -2.45. The smallest absolute Gasteiger partial charge is 0.369 e. The molecule has 0 aliphatic carbocycles. The number of amides is 2. The number of anilines is 1. The molecule has 10 heteroatoms. The molecule has 112 valence electrons. The largest absolute Gasteiger partial charge is 0.416 e. The second-order valence-electron chi connectivity index (χ2n) is 3.62. The molecular formula is C10H8Cl3F3N2O2. The van der Waals surface area contributed by atoms with Crippen LogP contribution < -0.4 is 10.6 Å². The van der Waals surface area contributed by atoms with Gasteiger partial charge in [-0.2, -0.15) is 13.2 Å². The Bertz CT molecular complexity index is 491. The molecule has 0 spiro atoms. The van der Waals surface area contributed by atoms with Crippen molar-refractivity contribution in [3.63, 3.8) is 0 Å². The number of hydrogen-bond acceptors (Lipinski definition) is 2. The maximum absolute atomic E-state index is 12.5. The van der Waals surface area contributed by atoms with E-state index in [0.717, 1.165) is 18.2 Å². The Kier molecular flexibility index (Phi) is 5.37. The summed E-state index contributed by atoms with van der Waals surface area (Å²) in [6, 6.07) is 2.89. The summed E-state index contributed by atoms with van der Waals surface area (Å²) >= 11 is 15.9. The summed E-state index contributed by atoms with van der Waals surface area (Å²) in [4.78, 5) is 11.4. The molecule has 1 aromatic carbocycles. The highest BCUT2D eigenvalue weighted by atomic mass is 35.6. The maximum Gasteiger partial charge on any atom is 0.416 e. The Morgan fingerprint density at radius 3 is 2.35 bits per heavy atom. The van der Waals surface area contributed by atoms with Gasteiger partial charge in [-0.1, -0.05) is 40.9 Å². The first-order valence-electron chi connectivity index (χ1n) is 4.99. The fourth-order valence-electron chi connectivity index (χ4n) is 1.15. The molecule has 0 fully saturated rings. The third-order valence-corrected chi connectivity index (χ3v) is 2.65. The number of rotatable bonds is 2. The average Bonchev–Trinajstić information content (AvgIpc) is 2.26. The molecule has 4 nitrogen and oxygen atoms in total. The van der Waals surface area contributed by atoms with Crippen LogP contribution >= 0.6 is 34.8 Å². The van der Waals surface area contributed by atoms with Crippen LogP contribution in [0.2, 0.25) is 0 Å². The van der Waals surface area contributed by atoms with E-state index in [0.29, 0.717) is 0 Å². The van der Waals surface area contributed by atoms with E-state index in [-0.39, 0.29) is 5.69 Å². The van der Waals surface area contributed by atoms with E-state index in [1.54, 1.807) is 0 Å². The second kappa shape index (κ2) is 6.26. The lowest BCUT2D eigenvalue weighted by atomic mass is 10.2. The van der Waals surface area contributed by atoms with Gasteiger partial charge in [0.25, 0.3) is 0 Å².